The molecule has 1 aromatic rings. The summed E-state index contributed by atoms with van der Waals surface area (Å²) in [4.78, 5) is 8.27. The molecule has 1 aromatic heterocycles. The van der Waals surface area contributed by atoms with Crippen LogP contribution in [0.5, 0.6) is 0 Å². The fourth-order valence-corrected chi connectivity index (χ4v) is 2.10. The van der Waals surface area contributed by atoms with Gasteiger partial charge in [0.1, 0.15) is 12.1 Å². The Balaban J connectivity index is 2.02. The number of hydrogen-bond acceptors (Lipinski definition) is 4. The number of nitrogens with zero attached hydrogens (tertiary/aromatic N) is 2. The van der Waals surface area contributed by atoms with E-state index in [0.717, 1.165) is 24.4 Å². The van der Waals surface area contributed by atoms with Crippen molar-refractivity contribution in [1.82, 2.24) is 9.97 Å². The number of hydrogen-bond donors (Lipinski definition) is 1. The Labute approximate surface area is 90.1 Å². The predicted octanol–water partition coefficient (Wildman–Crippen LogP) is 1.76. The summed E-state index contributed by atoms with van der Waals surface area (Å²) in [5, 5.41) is 3.41. The van der Waals surface area contributed by atoms with E-state index in [2.05, 4.69) is 15.3 Å². The summed E-state index contributed by atoms with van der Waals surface area (Å²) in [6, 6.07) is 2.36. The quantitative estimate of drug-likeness (QED) is 0.820. The number of methoxy groups -OCH3 is 1. The molecule has 0 spiro atoms. The highest BCUT2D eigenvalue weighted by molar-refractivity contribution is 5.36. The molecule has 2 rings (SSSR count). The van der Waals surface area contributed by atoms with Gasteiger partial charge in [0.25, 0.3) is 0 Å². The van der Waals surface area contributed by atoms with Gasteiger partial charge in [0.15, 0.2) is 0 Å². The van der Waals surface area contributed by atoms with Gasteiger partial charge in [-0.1, -0.05) is 0 Å². The minimum atomic E-state index is 0.320. The lowest BCUT2D eigenvalue weighted by molar-refractivity contribution is 0.101. The maximum atomic E-state index is 5.42. The lowest BCUT2D eigenvalue weighted by Crippen LogP contribution is -2.30. The molecule has 82 valence electrons. The summed E-state index contributed by atoms with van der Waals surface area (Å²) < 4.78 is 5.42. The average molecular weight is 207 g/mol. The molecular weight excluding hydrogens is 190 g/mol. The zero-order chi connectivity index (χ0) is 10.7. The van der Waals surface area contributed by atoms with Crippen molar-refractivity contribution in [3.63, 3.8) is 0 Å². The van der Waals surface area contributed by atoms with Gasteiger partial charge in [-0.2, -0.15) is 0 Å². The minimum absolute atomic E-state index is 0.320. The Morgan fingerprint density at radius 3 is 3.00 bits per heavy atom. The van der Waals surface area contributed by atoms with E-state index in [1.165, 1.54) is 6.42 Å². The van der Waals surface area contributed by atoms with Crippen molar-refractivity contribution in [2.45, 2.75) is 38.3 Å². The molecule has 1 saturated carbocycles. The van der Waals surface area contributed by atoms with E-state index in [4.69, 9.17) is 4.74 Å². The van der Waals surface area contributed by atoms with E-state index in [1.54, 1.807) is 13.4 Å². The highest BCUT2D eigenvalue weighted by atomic mass is 16.5. The maximum absolute atomic E-state index is 5.42. The van der Waals surface area contributed by atoms with Crippen molar-refractivity contribution < 1.29 is 4.74 Å². The van der Waals surface area contributed by atoms with Crippen molar-refractivity contribution in [3.8, 4) is 0 Å². The SMILES string of the molecule is COC1CCCC1Nc1cc(C)ncn1. The number of ether oxygens (including phenoxy) is 1. The van der Waals surface area contributed by atoms with Crippen LogP contribution >= 0.6 is 0 Å². The van der Waals surface area contributed by atoms with E-state index in [1.807, 2.05) is 13.0 Å². The highest BCUT2D eigenvalue weighted by Gasteiger charge is 2.27. The second-order valence-corrected chi connectivity index (χ2v) is 4.00. The summed E-state index contributed by atoms with van der Waals surface area (Å²) in [6.45, 7) is 1.97. The second kappa shape index (κ2) is 4.57. The average Bonchev–Trinajstić information content (AvgIpc) is 2.65. The van der Waals surface area contributed by atoms with Crippen molar-refractivity contribution >= 4 is 5.82 Å². The van der Waals surface area contributed by atoms with Crippen LogP contribution in [0.4, 0.5) is 5.82 Å². The van der Waals surface area contributed by atoms with Crippen molar-refractivity contribution in [1.29, 1.82) is 0 Å². The topological polar surface area (TPSA) is 47.0 Å². The Kier molecular flexibility index (Phi) is 3.16. The number of aryl methyl sites for hydroxylation is 1. The molecule has 1 heterocycles. The number of anilines is 1. The first-order chi connectivity index (χ1) is 7.29. The van der Waals surface area contributed by atoms with E-state index in [0.29, 0.717) is 12.1 Å². The molecule has 1 aliphatic carbocycles. The Hall–Kier alpha value is -1.16. The van der Waals surface area contributed by atoms with Crippen LogP contribution < -0.4 is 5.32 Å². The van der Waals surface area contributed by atoms with E-state index in [9.17, 15) is 0 Å². The first-order valence-electron chi connectivity index (χ1n) is 5.37. The number of nitrogens with one attached hydrogen (secondary N) is 1. The molecule has 1 N–H and O–H groups in total. The standard InChI is InChI=1S/C11H17N3O/c1-8-6-11(13-7-12-8)14-9-4-3-5-10(9)15-2/h6-7,9-10H,3-5H2,1-2H3,(H,12,13,14). The van der Waals surface area contributed by atoms with Crippen LogP contribution in [0.25, 0.3) is 0 Å². The third kappa shape index (κ3) is 2.45. The van der Waals surface area contributed by atoms with Gasteiger partial charge in [0.2, 0.25) is 0 Å². The molecule has 4 nitrogen and oxygen atoms in total. The van der Waals surface area contributed by atoms with Crippen LogP contribution in [0, 0.1) is 6.92 Å². The molecule has 0 aliphatic heterocycles. The maximum Gasteiger partial charge on any atom is 0.129 e. The molecule has 0 radical (unpaired) electrons. The normalized spacial score (nSPS) is 25.5. The second-order valence-electron chi connectivity index (χ2n) is 4.00. The fourth-order valence-electron chi connectivity index (χ4n) is 2.10. The molecule has 1 aliphatic rings. The smallest absolute Gasteiger partial charge is 0.129 e. The van der Waals surface area contributed by atoms with Gasteiger partial charge >= 0.3 is 0 Å². The third-order valence-electron chi connectivity index (χ3n) is 2.89. The van der Waals surface area contributed by atoms with E-state index in [-0.39, 0.29) is 0 Å². The predicted molar refractivity (Wildman–Crippen MR) is 58.8 cm³/mol. The summed E-state index contributed by atoms with van der Waals surface area (Å²) in [5.74, 6) is 0.899. The van der Waals surface area contributed by atoms with Crippen LogP contribution in [-0.2, 0) is 4.74 Å². The van der Waals surface area contributed by atoms with Gasteiger partial charge in [-0.3, -0.25) is 0 Å². The molecule has 0 bridgehead atoms. The monoisotopic (exact) mass is 207 g/mol. The largest absolute Gasteiger partial charge is 0.379 e. The Bertz CT molecular complexity index is 329. The van der Waals surface area contributed by atoms with Crippen molar-refractivity contribution in [2.24, 2.45) is 0 Å². The fraction of sp³-hybridized carbons (Fsp3) is 0.636. The molecular formula is C11H17N3O. The van der Waals surface area contributed by atoms with Gasteiger partial charge in [-0.15, -0.1) is 0 Å². The lowest BCUT2D eigenvalue weighted by atomic mass is 10.2. The van der Waals surface area contributed by atoms with Crippen LogP contribution in [0.1, 0.15) is 25.0 Å². The zero-order valence-corrected chi connectivity index (χ0v) is 9.23. The van der Waals surface area contributed by atoms with E-state index >= 15 is 0 Å². The van der Waals surface area contributed by atoms with Gasteiger partial charge in [0.05, 0.1) is 12.1 Å². The molecule has 15 heavy (non-hydrogen) atoms. The third-order valence-corrected chi connectivity index (χ3v) is 2.89. The van der Waals surface area contributed by atoms with E-state index < -0.39 is 0 Å². The zero-order valence-electron chi connectivity index (χ0n) is 9.23. The number of rotatable bonds is 3. The molecule has 4 heteroatoms. The summed E-state index contributed by atoms with van der Waals surface area (Å²) in [5.41, 5.74) is 0.986. The summed E-state index contributed by atoms with van der Waals surface area (Å²) >= 11 is 0. The lowest BCUT2D eigenvalue weighted by Gasteiger charge is -2.20. The Morgan fingerprint density at radius 1 is 1.40 bits per heavy atom. The first-order valence-corrected chi connectivity index (χ1v) is 5.37. The summed E-state index contributed by atoms with van der Waals surface area (Å²) in [6.07, 6.45) is 5.43. The summed E-state index contributed by atoms with van der Waals surface area (Å²) in [7, 11) is 1.77. The molecule has 2 unspecified atom stereocenters. The minimum Gasteiger partial charge on any atom is -0.379 e. The van der Waals surface area contributed by atoms with Gasteiger partial charge in [-0.25, -0.2) is 9.97 Å². The molecule has 0 saturated heterocycles. The van der Waals surface area contributed by atoms with Crippen molar-refractivity contribution in [3.05, 3.63) is 18.1 Å². The Morgan fingerprint density at radius 2 is 2.27 bits per heavy atom. The van der Waals surface area contributed by atoms with Crippen LogP contribution in [-0.4, -0.2) is 29.2 Å². The molecule has 2 atom stereocenters. The highest BCUT2D eigenvalue weighted by Crippen LogP contribution is 2.24. The van der Waals surface area contributed by atoms with Crippen LogP contribution in [0.2, 0.25) is 0 Å². The molecule has 1 fully saturated rings. The van der Waals surface area contributed by atoms with Gasteiger partial charge in [-0.05, 0) is 26.2 Å². The van der Waals surface area contributed by atoms with Crippen LogP contribution in [0.15, 0.2) is 12.4 Å². The number of aromatic nitrogens is 2. The van der Waals surface area contributed by atoms with Gasteiger partial charge in [0, 0.05) is 18.9 Å². The van der Waals surface area contributed by atoms with Gasteiger partial charge < -0.3 is 10.1 Å². The van der Waals surface area contributed by atoms with Crippen LogP contribution in [0.3, 0.4) is 0 Å². The van der Waals surface area contributed by atoms with Crippen molar-refractivity contribution in [2.75, 3.05) is 12.4 Å². The first kappa shape index (κ1) is 10.4. The molecule has 0 amide bonds. The molecule has 0 aromatic carbocycles.